The Balaban J connectivity index is 1.86. The van der Waals surface area contributed by atoms with Crippen molar-refractivity contribution in [3.8, 4) is 0 Å². The summed E-state index contributed by atoms with van der Waals surface area (Å²) in [5.74, 6) is -2.92. The van der Waals surface area contributed by atoms with Gasteiger partial charge in [-0.3, -0.25) is 14.4 Å². The van der Waals surface area contributed by atoms with Gasteiger partial charge in [-0.15, -0.1) is 0 Å². The van der Waals surface area contributed by atoms with Gasteiger partial charge in [-0.2, -0.15) is 0 Å². The predicted molar refractivity (Wildman–Crippen MR) is 139 cm³/mol. The monoisotopic (exact) mass is 552 g/mol. The molecular weight excluding hydrogens is 524 g/mol. The maximum atomic E-state index is 13.5. The second-order valence-electron chi connectivity index (χ2n) is 8.24. The third kappa shape index (κ3) is 7.52. The van der Waals surface area contributed by atoms with Crippen LogP contribution in [-0.2, 0) is 48.4 Å². The van der Waals surface area contributed by atoms with Gasteiger partial charge >= 0.3 is 17.9 Å². The summed E-state index contributed by atoms with van der Waals surface area (Å²) in [6, 6.07) is 27.2. The van der Waals surface area contributed by atoms with E-state index in [2.05, 4.69) is 15.9 Å². The van der Waals surface area contributed by atoms with Crippen molar-refractivity contribution in [2.45, 2.75) is 39.1 Å². The molecule has 0 N–H and O–H groups in total. The van der Waals surface area contributed by atoms with Crippen molar-refractivity contribution in [1.82, 2.24) is 0 Å². The van der Waals surface area contributed by atoms with E-state index in [1.807, 2.05) is 54.6 Å². The average molecular weight is 553 g/mol. The first-order chi connectivity index (χ1) is 17.6. The van der Waals surface area contributed by atoms with E-state index < -0.39 is 23.3 Å². The summed E-state index contributed by atoms with van der Waals surface area (Å²) in [7, 11) is 0. The molecular formula is C29H29BrO6. The molecule has 0 saturated heterocycles. The van der Waals surface area contributed by atoms with Gasteiger partial charge in [0.15, 0.2) is 0 Å². The van der Waals surface area contributed by atoms with Crippen LogP contribution < -0.4 is 0 Å². The normalized spacial score (nSPS) is 10.9. The third-order valence-electron chi connectivity index (χ3n) is 5.62. The van der Waals surface area contributed by atoms with Crippen molar-refractivity contribution in [1.29, 1.82) is 0 Å². The average Bonchev–Trinajstić information content (AvgIpc) is 2.93. The number of hydrogen-bond donors (Lipinski definition) is 0. The Morgan fingerprint density at radius 3 is 1.19 bits per heavy atom. The summed E-state index contributed by atoms with van der Waals surface area (Å²) in [6.07, 6.45) is 0.964. The van der Waals surface area contributed by atoms with Crippen LogP contribution in [0, 0.1) is 5.41 Å². The lowest BCUT2D eigenvalue weighted by Crippen LogP contribution is -2.49. The van der Waals surface area contributed by atoms with Crippen LogP contribution in [-0.4, -0.2) is 23.2 Å². The lowest BCUT2D eigenvalue weighted by Gasteiger charge is -2.27. The van der Waals surface area contributed by atoms with Crippen molar-refractivity contribution in [3.63, 3.8) is 0 Å². The van der Waals surface area contributed by atoms with Crippen molar-refractivity contribution < 1.29 is 28.6 Å². The number of hydrogen-bond acceptors (Lipinski definition) is 6. The number of benzene rings is 3. The number of ether oxygens (including phenoxy) is 3. The number of esters is 3. The zero-order chi connectivity index (χ0) is 25.6. The zero-order valence-electron chi connectivity index (χ0n) is 19.9. The standard InChI is InChI=1S/C29H29BrO6/c30-19-11-10-18-29(26(31)34-20-23-12-4-1-5-13-23,27(32)35-21-24-14-6-2-7-15-24)28(33)36-22-25-16-8-3-9-17-25/h1-9,12-17H,10-11,18-22H2. The molecule has 7 heteroatoms. The topological polar surface area (TPSA) is 78.9 Å². The summed E-state index contributed by atoms with van der Waals surface area (Å²) in [6.45, 7) is -0.257. The number of carbonyl (C=O) groups excluding carboxylic acids is 3. The fourth-order valence-electron chi connectivity index (χ4n) is 3.58. The van der Waals surface area contributed by atoms with Crippen LogP contribution in [0.4, 0.5) is 0 Å². The van der Waals surface area contributed by atoms with E-state index >= 15 is 0 Å². The van der Waals surface area contributed by atoms with E-state index in [0.717, 1.165) is 16.7 Å². The molecule has 0 fully saturated rings. The SMILES string of the molecule is O=C(OCc1ccccc1)C(CCCCBr)(C(=O)OCc1ccccc1)C(=O)OCc1ccccc1. The molecule has 0 radical (unpaired) electrons. The lowest BCUT2D eigenvalue weighted by atomic mass is 9.82. The van der Waals surface area contributed by atoms with Crippen LogP contribution >= 0.6 is 15.9 Å². The highest BCUT2D eigenvalue weighted by Gasteiger charge is 2.57. The van der Waals surface area contributed by atoms with Gasteiger partial charge in [-0.25, -0.2) is 0 Å². The van der Waals surface area contributed by atoms with E-state index in [4.69, 9.17) is 14.2 Å². The summed E-state index contributed by atoms with van der Waals surface area (Å²) in [5.41, 5.74) is -0.0397. The molecule has 3 aromatic rings. The van der Waals surface area contributed by atoms with Gasteiger partial charge in [-0.05, 0) is 29.5 Å². The molecule has 3 aromatic carbocycles. The smallest absolute Gasteiger partial charge is 0.335 e. The van der Waals surface area contributed by atoms with Crippen LogP contribution in [0.2, 0.25) is 0 Å². The minimum atomic E-state index is -2.24. The predicted octanol–water partition coefficient (Wildman–Crippen LogP) is 5.77. The lowest BCUT2D eigenvalue weighted by molar-refractivity contribution is -0.187. The highest BCUT2D eigenvalue weighted by atomic mass is 79.9. The van der Waals surface area contributed by atoms with Crippen molar-refractivity contribution >= 4 is 33.8 Å². The molecule has 0 aromatic heterocycles. The summed E-state index contributed by atoms with van der Waals surface area (Å²) in [4.78, 5) is 40.5. The van der Waals surface area contributed by atoms with Gasteiger partial charge < -0.3 is 14.2 Å². The number of rotatable bonds is 13. The molecule has 0 spiro atoms. The van der Waals surface area contributed by atoms with E-state index in [1.54, 1.807) is 36.4 Å². The molecule has 0 unspecified atom stereocenters. The Hall–Kier alpha value is -3.45. The minimum absolute atomic E-state index is 0.0855. The first-order valence-corrected chi connectivity index (χ1v) is 12.9. The Morgan fingerprint density at radius 2 is 0.889 bits per heavy atom. The van der Waals surface area contributed by atoms with Crippen molar-refractivity contribution in [2.24, 2.45) is 5.41 Å². The highest BCUT2D eigenvalue weighted by molar-refractivity contribution is 9.09. The van der Waals surface area contributed by atoms with Crippen LogP contribution in [0.15, 0.2) is 91.0 Å². The Bertz CT molecular complexity index is 968. The van der Waals surface area contributed by atoms with Crippen LogP contribution in [0.1, 0.15) is 36.0 Å². The van der Waals surface area contributed by atoms with Gasteiger partial charge in [-0.1, -0.05) is 113 Å². The van der Waals surface area contributed by atoms with Crippen LogP contribution in [0.3, 0.4) is 0 Å². The Morgan fingerprint density at radius 1 is 0.556 bits per heavy atom. The molecule has 36 heavy (non-hydrogen) atoms. The zero-order valence-corrected chi connectivity index (χ0v) is 21.5. The largest absolute Gasteiger partial charge is 0.460 e. The summed E-state index contributed by atoms with van der Waals surface area (Å²) in [5, 5.41) is 0.653. The molecule has 0 aliphatic rings. The van der Waals surface area contributed by atoms with E-state index in [1.165, 1.54) is 0 Å². The van der Waals surface area contributed by atoms with Gasteiger partial charge in [0.25, 0.3) is 5.41 Å². The molecule has 0 aliphatic carbocycles. The summed E-state index contributed by atoms with van der Waals surface area (Å²) >= 11 is 3.36. The van der Waals surface area contributed by atoms with Crippen molar-refractivity contribution in [3.05, 3.63) is 108 Å². The van der Waals surface area contributed by atoms with E-state index in [9.17, 15) is 14.4 Å². The second kappa shape index (κ2) is 14.2. The first-order valence-electron chi connectivity index (χ1n) is 11.8. The fourth-order valence-corrected chi connectivity index (χ4v) is 3.98. The Labute approximate surface area is 219 Å². The van der Waals surface area contributed by atoms with Crippen LogP contribution in [0.25, 0.3) is 0 Å². The summed E-state index contributed by atoms with van der Waals surface area (Å²) < 4.78 is 16.6. The quantitative estimate of drug-likeness (QED) is 0.0880. The Kier molecular flexibility index (Phi) is 10.7. The van der Waals surface area contributed by atoms with Crippen LogP contribution in [0.5, 0.6) is 0 Å². The van der Waals surface area contributed by atoms with E-state index in [-0.39, 0.29) is 26.2 Å². The molecule has 188 valence electrons. The molecule has 0 atom stereocenters. The number of unbranched alkanes of at least 4 members (excludes halogenated alkanes) is 1. The van der Waals surface area contributed by atoms with Crippen molar-refractivity contribution in [2.75, 3.05) is 5.33 Å². The number of alkyl halides is 1. The molecule has 0 saturated carbocycles. The number of halogens is 1. The van der Waals surface area contributed by atoms with Gasteiger partial charge in [0.1, 0.15) is 19.8 Å². The van der Waals surface area contributed by atoms with Gasteiger partial charge in [0.05, 0.1) is 0 Å². The fraction of sp³-hybridized carbons (Fsp3) is 0.276. The molecule has 0 amide bonds. The molecule has 0 aliphatic heterocycles. The molecule has 6 nitrogen and oxygen atoms in total. The minimum Gasteiger partial charge on any atom is -0.460 e. The molecule has 0 bridgehead atoms. The molecule has 0 heterocycles. The second-order valence-corrected chi connectivity index (χ2v) is 9.03. The maximum Gasteiger partial charge on any atom is 0.335 e. The highest BCUT2D eigenvalue weighted by Crippen LogP contribution is 2.32. The maximum absolute atomic E-state index is 13.5. The van der Waals surface area contributed by atoms with Gasteiger partial charge in [0, 0.05) is 5.33 Å². The third-order valence-corrected chi connectivity index (χ3v) is 6.18. The number of carbonyl (C=O) groups is 3. The van der Waals surface area contributed by atoms with Gasteiger partial charge in [0.2, 0.25) is 0 Å². The van der Waals surface area contributed by atoms with E-state index in [0.29, 0.717) is 18.2 Å². The first kappa shape index (κ1) is 27.1. The molecule has 3 rings (SSSR count).